The molecule has 0 saturated carbocycles. The third kappa shape index (κ3) is 39.6. The predicted molar refractivity (Wildman–Crippen MR) is 220 cm³/mol. The van der Waals surface area contributed by atoms with Crippen LogP contribution in [-0.2, 0) is 28.6 Å². The van der Waals surface area contributed by atoms with Crippen LogP contribution >= 0.6 is 0 Å². The predicted octanol–water partition coefficient (Wildman–Crippen LogP) is 14.5. The quantitative estimate of drug-likeness (QED) is 0.0353. The Bertz CT molecular complexity index is 768. The normalized spacial score (nSPS) is 11.8. The molecule has 0 heterocycles. The molecule has 0 aliphatic carbocycles. The van der Waals surface area contributed by atoms with Crippen LogP contribution in [0.15, 0.2) is 0 Å². The van der Waals surface area contributed by atoms with Gasteiger partial charge in [0.05, 0.1) is 0 Å². The molecule has 0 aromatic rings. The lowest BCUT2D eigenvalue weighted by Crippen LogP contribution is -2.30. The summed E-state index contributed by atoms with van der Waals surface area (Å²) in [6.45, 7) is 6.57. The second kappa shape index (κ2) is 42.2. The Labute approximate surface area is 323 Å². The van der Waals surface area contributed by atoms with Gasteiger partial charge in [-0.2, -0.15) is 0 Å². The van der Waals surface area contributed by atoms with E-state index in [0.29, 0.717) is 19.3 Å². The molecule has 1 unspecified atom stereocenters. The van der Waals surface area contributed by atoms with Gasteiger partial charge in [-0.15, -0.1) is 0 Å². The van der Waals surface area contributed by atoms with Gasteiger partial charge < -0.3 is 14.2 Å². The second-order valence-corrected chi connectivity index (χ2v) is 15.7. The Morgan fingerprint density at radius 3 is 0.769 bits per heavy atom. The van der Waals surface area contributed by atoms with E-state index in [0.717, 1.165) is 57.8 Å². The summed E-state index contributed by atoms with van der Waals surface area (Å²) in [5.41, 5.74) is 0. The molecule has 0 aromatic heterocycles. The fraction of sp³-hybridized carbons (Fsp3) is 0.935. The van der Waals surface area contributed by atoms with Gasteiger partial charge in [-0.3, -0.25) is 14.4 Å². The van der Waals surface area contributed by atoms with Crippen LogP contribution < -0.4 is 0 Å². The average Bonchev–Trinajstić information content (AvgIpc) is 3.14. The first-order valence-electron chi connectivity index (χ1n) is 23.0. The Morgan fingerprint density at radius 2 is 0.519 bits per heavy atom. The lowest BCUT2D eigenvalue weighted by atomic mass is 10.0. The van der Waals surface area contributed by atoms with Gasteiger partial charge in [-0.25, -0.2) is 0 Å². The van der Waals surface area contributed by atoms with Crippen molar-refractivity contribution < 1.29 is 28.6 Å². The van der Waals surface area contributed by atoms with Crippen molar-refractivity contribution in [3.63, 3.8) is 0 Å². The van der Waals surface area contributed by atoms with E-state index in [9.17, 15) is 14.4 Å². The number of hydrogen-bond acceptors (Lipinski definition) is 6. The summed E-state index contributed by atoms with van der Waals surface area (Å²) in [7, 11) is 0. The summed E-state index contributed by atoms with van der Waals surface area (Å²) < 4.78 is 16.6. The highest BCUT2D eigenvalue weighted by Crippen LogP contribution is 2.16. The summed E-state index contributed by atoms with van der Waals surface area (Å²) in [5.74, 6) is -0.867. The van der Waals surface area contributed by atoms with E-state index in [1.807, 2.05) is 0 Å². The van der Waals surface area contributed by atoms with Gasteiger partial charge in [-0.1, -0.05) is 220 Å². The highest BCUT2D eigenvalue weighted by atomic mass is 16.6. The topological polar surface area (TPSA) is 78.9 Å². The third-order valence-corrected chi connectivity index (χ3v) is 10.4. The van der Waals surface area contributed by atoms with Crippen molar-refractivity contribution in [2.75, 3.05) is 13.2 Å². The van der Waals surface area contributed by atoms with Gasteiger partial charge >= 0.3 is 17.9 Å². The zero-order chi connectivity index (χ0) is 38.0. The van der Waals surface area contributed by atoms with E-state index < -0.39 is 6.10 Å². The van der Waals surface area contributed by atoms with Crippen molar-refractivity contribution in [1.29, 1.82) is 0 Å². The minimum Gasteiger partial charge on any atom is -0.462 e. The highest BCUT2D eigenvalue weighted by molar-refractivity contribution is 5.71. The summed E-state index contributed by atoms with van der Waals surface area (Å²) in [4.78, 5) is 37.4. The van der Waals surface area contributed by atoms with Crippen molar-refractivity contribution in [3.05, 3.63) is 0 Å². The maximum Gasteiger partial charge on any atom is 0.306 e. The van der Waals surface area contributed by atoms with Crippen LogP contribution in [0.1, 0.15) is 258 Å². The molecule has 0 saturated heterocycles. The van der Waals surface area contributed by atoms with E-state index in [1.54, 1.807) is 0 Å². The van der Waals surface area contributed by atoms with E-state index >= 15 is 0 Å². The lowest BCUT2D eigenvalue weighted by molar-refractivity contribution is -0.167. The molecule has 1 atom stereocenters. The van der Waals surface area contributed by atoms with E-state index in [-0.39, 0.29) is 31.1 Å². The van der Waals surface area contributed by atoms with Crippen molar-refractivity contribution in [3.8, 4) is 0 Å². The summed E-state index contributed by atoms with van der Waals surface area (Å²) >= 11 is 0. The summed E-state index contributed by atoms with van der Waals surface area (Å²) in [6.07, 6.45) is 42.6. The van der Waals surface area contributed by atoms with Gasteiger partial charge in [0.15, 0.2) is 6.10 Å². The Kier molecular flexibility index (Phi) is 40.9. The molecule has 0 aliphatic heterocycles. The molecular formula is C46H88O6. The van der Waals surface area contributed by atoms with E-state index in [1.165, 1.54) is 161 Å². The summed E-state index contributed by atoms with van der Waals surface area (Å²) in [6, 6.07) is 0. The number of rotatable bonds is 42. The number of carbonyl (C=O) groups is 3. The first-order valence-corrected chi connectivity index (χ1v) is 23.0. The summed E-state index contributed by atoms with van der Waals surface area (Å²) in [5, 5.41) is 0. The van der Waals surface area contributed by atoms with Crippen LogP contribution in [0.3, 0.4) is 0 Å². The molecule has 0 aromatic carbocycles. The molecule has 0 N–H and O–H groups in total. The zero-order valence-corrected chi connectivity index (χ0v) is 35.1. The Balaban J connectivity index is 4.05. The first kappa shape index (κ1) is 50.4. The average molecular weight is 737 g/mol. The van der Waals surface area contributed by atoms with Gasteiger partial charge in [0, 0.05) is 19.3 Å². The minimum atomic E-state index is -0.756. The number of esters is 3. The molecule has 6 heteroatoms. The molecule has 0 bridgehead atoms. The second-order valence-electron chi connectivity index (χ2n) is 15.7. The van der Waals surface area contributed by atoms with Gasteiger partial charge in [0.1, 0.15) is 13.2 Å². The number of ether oxygens (including phenoxy) is 3. The van der Waals surface area contributed by atoms with Gasteiger partial charge in [0.2, 0.25) is 0 Å². The molecule has 0 amide bonds. The molecule has 0 rings (SSSR count). The zero-order valence-electron chi connectivity index (χ0n) is 35.1. The van der Waals surface area contributed by atoms with Crippen LogP contribution in [0.5, 0.6) is 0 Å². The fourth-order valence-corrected chi connectivity index (χ4v) is 6.85. The number of unbranched alkanes of at least 4 members (excludes halogenated alkanes) is 31. The Hall–Kier alpha value is -1.59. The lowest BCUT2D eigenvalue weighted by Gasteiger charge is -2.18. The van der Waals surface area contributed by atoms with Crippen LogP contribution in [0.25, 0.3) is 0 Å². The van der Waals surface area contributed by atoms with Crippen molar-refractivity contribution in [2.24, 2.45) is 0 Å². The maximum absolute atomic E-state index is 12.6. The van der Waals surface area contributed by atoms with Crippen LogP contribution in [0, 0.1) is 0 Å². The van der Waals surface area contributed by atoms with Crippen LogP contribution in [0.4, 0.5) is 0 Å². The highest BCUT2D eigenvalue weighted by Gasteiger charge is 2.19. The third-order valence-electron chi connectivity index (χ3n) is 10.4. The largest absolute Gasteiger partial charge is 0.462 e. The molecule has 0 fully saturated rings. The van der Waals surface area contributed by atoms with Gasteiger partial charge in [-0.05, 0) is 19.3 Å². The molecule has 0 radical (unpaired) electrons. The van der Waals surface area contributed by atoms with Crippen molar-refractivity contribution in [2.45, 2.75) is 264 Å². The molecule has 6 nitrogen and oxygen atoms in total. The number of hydrogen-bond donors (Lipinski definition) is 0. The van der Waals surface area contributed by atoms with Crippen LogP contribution in [0.2, 0.25) is 0 Å². The molecular weight excluding hydrogens is 649 g/mol. The van der Waals surface area contributed by atoms with Crippen LogP contribution in [-0.4, -0.2) is 37.2 Å². The first-order chi connectivity index (χ1) is 25.5. The maximum atomic E-state index is 12.6. The molecule has 0 spiro atoms. The smallest absolute Gasteiger partial charge is 0.306 e. The van der Waals surface area contributed by atoms with Gasteiger partial charge in [0.25, 0.3) is 0 Å². The molecule has 0 aliphatic rings. The molecule has 52 heavy (non-hydrogen) atoms. The van der Waals surface area contributed by atoms with E-state index in [2.05, 4.69) is 20.8 Å². The minimum absolute atomic E-state index is 0.0640. The van der Waals surface area contributed by atoms with Crippen molar-refractivity contribution >= 4 is 17.9 Å². The van der Waals surface area contributed by atoms with Crippen molar-refractivity contribution in [1.82, 2.24) is 0 Å². The standard InChI is InChI=1S/C46H88O6/c1-4-7-10-13-16-17-18-19-20-21-22-23-24-25-26-27-28-31-33-36-39-45(48)51-42-43(52-46(49)40-37-34-30-15-12-9-6-3)41-50-44(47)38-35-32-29-14-11-8-5-2/h43H,4-42H2,1-3H3. The fourth-order valence-electron chi connectivity index (χ4n) is 6.85. The Morgan fingerprint density at radius 1 is 0.308 bits per heavy atom. The molecule has 308 valence electrons. The monoisotopic (exact) mass is 737 g/mol. The van der Waals surface area contributed by atoms with E-state index in [4.69, 9.17) is 14.2 Å². The number of carbonyl (C=O) groups excluding carboxylic acids is 3. The SMILES string of the molecule is CCCCCCCCCCCCCCCCCCCCCCC(=O)OCC(COC(=O)CCCCCCCCC)OC(=O)CCCCCCCCC.